The first-order valence-electron chi connectivity index (χ1n) is 6.98. The molecule has 0 aromatic heterocycles. The maximum absolute atomic E-state index is 5.74. The van der Waals surface area contributed by atoms with Gasteiger partial charge in [-0.2, -0.15) is 0 Å². The Labute approximate surface area is 109 Å². The van der Waals surface area contributed by atoms with E-state index in [1.165, 1.54) is 5.56 Å². The lowest BCUT2D eigenvalue weighted by Crippen LogP contribution is -2.21. The van der Waals surface area contributed by atoms with Crippen LogP contribution in [-0.4, -0.2) is 19.8 Å². The van der Waals surface area contributed by atoms with E-state index >= 15 is 0 Å². The quantitative estimate of drug-likeness (QED) is 0.868. The first kappa shape index (κ1) is 13.2. The van der Waals surface area contributed by atoms with Crippen molar-refractivity contribution in [1.82, 2.24) is 5.32 Å². The fourth-order valence-electron chi connectivity index (χ4n) is 2.21. The molecule has 1 heterocycles. The Balaban J connectivity index is 2.15. The second kappa shape index (κ2) is 6.64. The van der Waals surface area contributed by atoms with Crippen LogP contribution in [0.5, 0.6) is 11.5 Å². The molecule has 18 heavy (non-hydrogen) atoms. The molecular formula is C15H23NO2. The monoisotopic (exact) mass is 249 g/mol. The normalized spacial score (nSPS) is 16.1. The average molecular weight is 249 g/mol. The van der Waals surface area contributed by atoms with E-state index in [1.54, 1.807) is 0 Å². The zero-order valence-electron chi connectivity index (χ0n) is 11.4. The Morgan fingerprint density at radius 1 is 1.17 bits per heavy atom. The van der Waals surface area contributed by atoms with E-state index in [-0.39, 0.29) is 0 Å². The highest BCUT2D eigenvalue weighted by Crippen LogP contribution is 2.32. The molecule has 1 atom stereocenters. The number of ether oxygens (including phenoxy) is 2. The number of benzene rings is 1. The van der Waals surface area contributed by atoms with Gasteiger partial charge in [-0.3, -0.25) is 0 Å². The van der Waals surface area contributed by atoms with Crippen LogP contribution in [-0.2, 0) is 0 Å². The molecule has 100 valence electrons. The standard InChI is InChI=1S/C15H23NO2/c1-3-8-16-13(4-2)12-6-7-14-15(11-12)18-10-5-9-17-14/h6-7,11,13,16H,3-5,8-10H2,1-2H3. The van der Waals surface area contributed by atoms with Crippen molar-refractivity contribution in [1.29, 1.82) is 0 Å². The van der Waals surface area contributed by atoms with Gasteiger partial charge in [-0.25, -0.2) is 0 Å². The number of rotatable bonds is 5. The first-order chi connectivity index (χ1) is 8.85. The molecule has 0 saturated carbocycles. The number of nitrogens with one attached hydrogen (secondary N) is 1. The van der Waals surface area contributed by atoms with Crippen LogP contribution in [0, 0.1) is 0 Å². The smallest absolute Gasteiger partial charge is 0.161 e. The molecule has 3 nitrogen and oxygen atoms in total. The summed E-state index contributed by atoms with van der Waals surface area (Å²) in [4.78, 5) is 0. The lowest BCUT2D eigenvalue weighted by Gasteiger charge is -2.18. The Hall–Kier alpha value is -1.22. The summed E-state index contributed by atoms with van der Waals surface area (Å²) >= 11 is 0. The topological polar surface area (TPSA) is 30.5 Å². The fraction of sp³-hybridized carbons (Fsp3) is 0.600. The van der Waals surface area contributed by atoms with Gasteiger partial charge < -0.3 is 14.8 Å². The molecule has 0 aliphatic carbocycles. The summed E-state index contributed by atoms with van der Waals surface area (Å²) in [6.45, 7) is 6.93. The van der Waals surface area contributed by atoms with Crippen LogP contribution in [0.15, 0.2) is 18.2 Å². The summed E-state index contributed by atoms with van der Waals surface area (Å²) in [5.41, 5.74) is 1.29. The van der Waals surface area contributed by atoms with Crippen molar-refractivity contribution in [3.05, 3.63) is 23.8 Å². The van der Waals surface area contributed by atoms with Crippen LogP contribution in [0.1, 0.15) is 44.7 Å². The SMILES string of the molecule is CCCNC(CC)c1ccc2c(c1)OCCCO2. The lowest BCUT2D eigenvalue weighted by molar-refractivity contribution is 0.297. The third-order valence-electron chi connectivity index (χ3n) is 3.22. The van der Waals surface area contributed by atoms with Crippen LogP contribution in [0.4, 0.5) is 0 Å². The van der Waals surface area contributed by atoms with E-state index in [0.29, 0.717) is 6.04 Å². The lowest BCUT2D eigenvalue weighted by atomic mass is 10.0. The minimum absolute atomic E-state index is 0.405. The van der Waals surface area contributed by atoms with Gasteiger partial charge in [0, 0.05) is 12.5 Å². The maximum atomic E-state index is 5.74. The van der Waals surface area contributed by atoms with Crippen LogP contribution in [0.3, 0.4) is 0 Å². The predicted octanol–water partition coefficient (Wildman–Crippen LogP) is 3.30. The van der Waals surface area contributed by atoms with Gasteiger partial charge in [-0.1, -0.05) is 19.9 Å². The van der Waals surface area contributed by atoms with Crippen molar-refractivity contribution in [2.45, 2.75) is 39.2 Å². The molecule has 3 heteroatoms. The Kier molecular flexibility index (Phi) is 4.88. The zero-order chi connectivity index (χ0) is 12.8. The minimum atomic E-state index is 0.405. The largest absolute Gasteiger partial charge is 0.490 e. The molecule has 0 amide bonds. The molecule has 0 radical (unpaired) electrons. The molecule has 0 fully saturated rings. The summed E-state index contributed by atoms with van der Waals surface area (Å²) in [6.07, 6.45) is 3.19. The van der Waals surface area contributed by atoms with Crippen molar-refractivity contribution in [3.8, 4) is 11.5 Å². The summed E-state index contributed by atoms with van der Waals surface area (Å²) < 4.78 is 11.4. The highest BCUT2D eigenvalue weighted by atomic mass is 16.5. The predicted molar refractivity (Wildman–Crippen MR) is 73.4 cm³/mol. The molecule has 1 N–H and O–H groups in total. The molecule has 0 bridgehead atoms. The highest BCUT2D eigenvalue weighted by Gasteiger charge is 2.14. The van der Waals surface area contributed by atoms with Crippen LogP contribution in [0.2, 0.25) is 0 Å². The van der Waals surface area contributed by atoms with Gasteiger partial charge >= 0.3 is 0 Å². The van der Waals surface area contributed by atoms with Gasteiger partial charge in [0.25, 0.3) is 0 Å². The second-order valence-electron chi connectivity index (χ2n) is 4.67. The molecule has 1 aromatic carbocycles. The molecule has 0 spiro atoms. The van der Waals surface area contributed by atoms with E-state index < -0.39 is 0 Å². The Morgan fingerprint density at radius 3 is 2.67 bits per heavy atom. The third-order valence-corrected chi connectivity index (χ3v) is 3.22. The Bertz CT molecular complexity index is 379. The van der Waals surface area contributed by atoms with E-state index in [0.717, 1.165) is 50.5 Å². The molecule has 1 aliphatic rings. The van der Waals surface area contributed by atoms with Crippen molar-refractivity contribution < 1.29 is 9.47 Å². The van der Waals surface area contributed by atoms with Crippen LogP contribution < -0.4 is 14.8 Å². The number of fused-ring (bicyclic) bond motifs is 1. The average Bonchev–Trinajstić information content (AvgIpc) is 2.64. The summed E-state index contributed by atoms with van der Waals surface area (Å²) in [5.74, 6) is 1.77. The summed E-state index contributed by atoms with van der Waals surface area (Å²) in [6, 6.07) is 6.70. The van der Waals surface area contributed by atoms with Crippen molar-refractivity contribution in [2.75, 3.05) is 19.8 Å². The van der Waals surface area contributed by atoms with Crippen molar-refractivity contribution >= 4 is 0 Å². The molecular weight excluding hydrogens is 226 g/mol. The van der Waals surface area contributed by atoms with E-state index in [1.807, 2.05) is 6.07 Å². The number of hydrogen-bond donors (Lipinski definition) is 1. The fourth-order valence-corrected chi connectivity index (χ4v) is 2.21. The van der Waals surface area contributed by atoms with E-state index in [4.69, 9.17) is 9.47 Å². The number of hydrogen-bond acceptors (Lipinski definition) is 3. The first-order valence-corrected chi connectivity index (χ1v) is 6.98. The molecule has 1 unspecified atom stereocenters. The summed E-state index contributed by atoms with van der Waals surface area (Å²) in [5, 5.41) is 3.56. The van der Waals surface area contributed by atoms with Gasteiger partial charge in [-0.05, 0) is 37.1 Å². The molecule has 1 aliphatic heterocycles. The van der Waals surface area contributed by atoms with Gasteiger partial charge in [0.15, 0.2) is 11.5 Å². The third kappa shape index (κ3) is 3.16. The van der Waals surface area contributed by atoms with Gasteiger partial charge in [0.2, 0.25) is 0 Å². The molecule has 0 saturated heterocycles. The van der Waals surface area contributed by atoms with Gasteiger partial charge in [-0.15, -0.1) is 0 Å². The van der Waals surface area contributed by atoms with Crippen LogP contribution >= 0.6 is 0 Å². The molecule has 1 aromatic rings. The van der Waals surface area contributed by atoms with Crippen molar-refractivity contribution in [2.24, 2.45) is 0 Å². The van der Waals surface area contributed by atoms with Crippen LogP contribution in [0.25, 0.3) is 0 Å². The van der Waals surface area contributed by atoms with E-state index in [2.05, 4.69) is 31.3 Å². The Morgan fingerprint density at radius 2 is 1.94 bits per heavy atom. The molecule has 2 rings (SSSR count). The van der Waals surface area contributed by atoms with Gasteiger partial charge in [0.05, 0.1) is 13.2 Å². The maximum Gasteiger partial charge on any atom is 0.161 e. The van der Waals surface area contributed by atoms with E-state index in [9.17, 15) is 0 Å². The summed E-state index contributed by atoms with van der Waals surface area (Å²) in [7, 11) is 0. The van der Waals surface area contributed by atoms with Gasteiger partial charge in [0.1, 0.15) is 0 Å². The van der Waals surface area contributed by atoms with Crippen molar-refractivity contribution in [3.63, 3.8) is 0 Å². The minimum Gasteiger partial charge on any atom is -0.490 e. The zero-order valence-corrected chi connectivity index (χ0v) is 11.4. The second-order valence-corrected chi connectivity index (χ2v) is 4.67. The highest BCUT2D eigenvalue weighted by molar-refractivity contribution is 5.44.